The van der Waals surface area contributed by atoms with Crippen molar-refractivity contribution in [3.8, 4) is 0 Å². The average Bonchev–Trinajstić information content (AvgIpc) is 3.11. The Bertz CT molecular complexity index is 1160. The molecule has 0 aliphatic carbocycles. The van der Waals surface area contributed by atoms with Crippen molar-refractivity contribution in [1.29, 1.82) is 0 Å². The zero-order valence-corrected chi connectivity index (χ0v) is 17.9. The lowest BCUT2D eigenvalue weighted by atomic mass is 9.88. The third kappa shape index (κ3) is 4.85. The Labute approximate surface area is 182 Å². The molecule has 3 aromatic carbocycles. The predicted molar refractivity (Wildman–Crippen MR) is 124 cm³/mol. The molecule has 3 nitrogen and oxygen atoms in total. The summed E-state index contributed by atoms with van der Waals surface area (Å²) in [6, 6.07) is 25.2. The number of hydrogen-bond donors (Lipinski definition) is 1. The molecule has 1 amide bonds. The standard InChI is InChI=1S/C27H27FN2O/c1-19(2)29-27(31)16-24(21-12-14-22(28)15-13-21)25-18-30(17-20-8-4-3-5-9-20)26-11-7-6-10-23(25)26/h3-15,18-19,24H,16-17H2,1-2H3,(H,29,31)/t24-/m0/s1. The van der Waals surface area contributed by atoms with Gasteiger partial charge in [0.15, 0.2) is 0 Å². The normalized spacial score (nSPS) is 12.3. The molecule has 0 saturated heterocycles. The van der Waals surface area contributed by atoms with Crippen molar-refractivity contribution < 1.29 is 9.18 Å². The zero-order chi connectivity index (χ0) is 21.8. The van der Waals surface area contributed by atoms with E-state index in [0.29, 0.717) is 6.42 Å². The highest BCUT2D eigenvalue weighted by Gasteiger charge is 2.23. The average molecular weight is 415 g/mol. The Kier molecular flexibility index (Phi) is 6.17. The van der Waals surface area contributed by atoms with E-state index in [9.17, 15) is 9.18 Å². The van der Waals surface area contributed by atoms with E-state index in [4.69, 9.17) is 0 Å². The van der Waals surface area contributed by atoms with Crippen molar-refractivity contribution in [2.24, 2.45) is 0 Å². The van der Waals surface area contributed by atoms with Crippen LogP contribution in [0, 0.1) is 5.82 Å². The minimum absolute atomic E-state index is 0.00999. The van der Waals surface area contributed by atoms with Crippen molar-refractivity contribution in [2.75, 3.05) is 0 Å². The maximum Gasteiger partial charge on any atom is 0.221 e. The largest absolute Gasteiger partial charge is 0.354 e. The van der Waals surface area contributed by atoms with Crippen molar-refractivity contribution >= 4 is 16.8 Å². The maximum atomic E-state index is 13.6. The van der Waals surface area contributed by atoms with Crippen LogP contribution in [0.2, 0.25) is 0 Å². The molecule has 0 unspecified atom stereocenters. The minimum atomic E-state index is -0.277. The van der Waals surface area contributed by atoms with E-state index < -0.39 is 0 Å². The summed E-state index contributed by atoms with van der Waals surface area (Å²) in [6.45, 7) is 4.66. The van der Waals surface area contributed by atoms with Gasteiger partial charge in [0.1, 0.15) is 5.82 Å². The molecule has 0 fully saturated rings. The van der Waals surface area contributed by atoms with Gasteiger partial charge >= 0.3 is 0 Å². The van der Waals surface area contributed by atoms with Gasteiger partial charge in [-0.05, 0) is 48.7 Å². The first-order valence-electron chi connectivity index (χ1n) is 10.7. The van der Waals surface area contributed by atoms with Crippen LogP contribution in [-0.2, 0) is 11.3 Å². The van der Waals surface area contributed by atoms with Crippen LogP contribution >= 0.6 is 0 Å². The topological polar surface area (TPSA) is 34.0 Å². The number of hydrogen-bond acceptors (Lipinski definition) is 1. The number of para-hydroxylation sites is 1. The maximum absolute atomic E-state index is 13.6. The molecule has 0 aliphatic heterocycles. The van der Waals surface area contributed by atoms with E-state index in [1.165, 1.54) is 17.7 Å². The van der Waals surface area contributed by atoms with E-state index in [0.717, 1.165) is 28.6 Å². The molecule has 4 heteroatoms. The molecule has 1 N–H and O–H groups in total. The molecule has 1 heterocycles. The third-order valence-corrected chi connectivity index (χ3v) is 5.50. The zero-order valence-electron chi connectivity index (χ0n) is 17.9. The summed E-state index contributed by atoms with van der Waals surface area (Å²) in [7, 11) is 0. The van der Waals surface area contributed by atoms with Crippen molar-refractivity contribution in [3.05, 3.63) is 108 Å². The molecule has 31 heavy (non-hydrogen) atoms. The van der Waals surface area contributed by atoms with Gasteiger partial charge in [0.2, 0.25) is 5.91 Å². The number of rotatable bonds is 7. The molecule has 0 spiro atoms. The van der Waals surface area contributed by atoms with E-state index in [1.54, 1.807) is 12.1 Å². The summed E-state index contributed by atoms with van der Waals surface area (Å²) >= 11 is 0. The third-order valence-electron chi connectivity index (χ3n) is 5.50. The number of nitrogens with zero attached hydrogens (tertiary/aromatic N) is 1. The molecular formula is C27H27FN2O. The van der Waals surface area contributed by atoms with Gasteiger partial charge < -0.3 is 9.88 Å². The van der Waals surface area contributed by atoms with Crippen LogP contribution in [0.15, 0.2) is 85.1 Å². The van der Waals surface area contributed by atoms with Crippen LogP contribution in [-0.4, -0.2) is 16.5 Å². The number of carbonyl (C=O) groups excluding carboxylic acids is 1. The van der Waals surface area contributed by atoms with E-state index in [-0.39, 0.29) is 23.7 Å². The van der Waals surface area contributed by atoms with Crippen LogP contribution in [0.5, 0.6) is 0 Å². The lowest BCUT2D eigenvalue weighted by Gasteiger charge is -2.18. The molecular weight excluding hydrogens is 387 g/mol. The molecule has 0 bridgehead atoms. The lowest BCUT2D eigenvalue weighted by Crippen LogP contribution is -2.31. The number of halogens is 1. The monoisotopic (exact) mass is 414 g/mol. The summed E-state index contributed by atoms with van der Waals surface area (Å²) in [4.78, 5) is 12.7. The van der Waals surface area contributed by atoms with E-state index in [2.05, 4.69) is 40.3 Å². The summed E-state index contributed by atoms with van der Waals surface area (Å²) in [5, 5.41) is 4.11. The molecule has 0 saturated carbocycles. The number of nitrogens with one attached hydrogen (secondary N) is 1. The molecule has 158 valence electrons. The molecule has 1 atom stereocenters. The predicted octanol–water partition coefficient (Wildman–Crippen LogP) is 5.88. The van der Waals surface area contributed by atoms with Crippen LogP contribution in [0.1, 0.15) is 42.9 Å². The molecule has 4 rings (SSSR count). The first kappa shape index (κ1) is 20.9. The molecule has 4 aromatic rings. The first-order valence-corrected chi connectivity index (χ1v) is 10.7. The van der Waals surface area contributed by atoms with Crippen molar-refractivity contribution in [3.63, 3.8) is 0 Å². The molecule has 0 radical (unpaired) electrons. The number of fused-ring (bicyclic) bond motifs is 1. The molecule has 1 aromatic heterocycles. The highest BCUT2D eigenvalue weighted by atomic mass is 19.1. The van der Waals surface area contributed by atoms with Gasteiger partial charge in [-0.15, -0.1) is 0 Å². The second kappa shape index (κ2) is 9.17. The Hall–Kier alpha value is -3.40. The van der Waals surface area contributed by atoms with Gasteiger partial charge in [0.05, 0.1) is 0 Å². The number of benzene rings is 3. The van der Waals surface area contributed by atoms with Crippen molar-refractivity contribution in [2.45, 2.75) is 38.8 Å². The van der Waals surface area contributed by atoms with Gasteiger partial charge in [-0.3, -0.25) is 4.79 Å². The van der Waals surface area contributed by atoms with E-state index in [1.807, 2.05) is 44.2 Å². The minimum Gasteiger partial charge on any atom is -0.354 e. The number of amides is 1. The van der Waals surface area contributed by atoms with Crippen LogP contribution in [0.25, 0.3) is 10.9 Å². The second-order valence-electron chi connectivity index (χ2n) is 8.25. The Balaban J connectivity index is 1.79. The smallest absolute Gasteiger partial charge is 0.221 e. The van der Waals surface area contributed by atoms with Gasteiger partial charge in [-0.1, -0.05) is 60.7 Å². The molecule has 0 aliphatic rings. The fraction of sp³-hybridized carbons (Fsp3) is 0.222. The van der Waals surface area contributed by atoms with Gasteiger partial charge in [-0.2, -0.15) is 0 Å². The van der Waals surface area contributed by atoms with Crippen molar-refractivity contribution in [1.82, 2.24) is 9.88 Å². The highest BCUT2D eigenvalue weighted by molar-refractivity contribution is 5.86. The highest BCUT2D eigenvalue weighted by Crippen LogP contribution is 2.35. The van der Waals surface area contributed by atoms with Crippen LogP contribution in [0.3, 0.4) is 0 Å². The summed E-state index contributed by atoms with van der Waals surface area (Å²) in [5.74, 6) is -0.453. The second-order valence-corrected chi connectivity index (χ2v) is 8.25. The van der Waals surface area contributed by atoms with Gasteiger partial charge in [-0.25, -0.2) is 4.39 Å². The fourth-order valence-corrected chi connectivity index (χ4v) is 4.13. The number of carbonyl (C=O) groups is 1. The SMILES string of the molecule is CC(C)NC(=O)C[C@@H](c1ccc(F)cc1)c1cn(Cc2ccccc2)c2ccccc12. The Morgan fingerprint density at radius 2 is 1.61 bits per heavy atom. The van der Waals surface area contributed by atoms with Gasteiger partial charge in [0, 0.05) is 42.0 Å². The fourth-order valence-electron chi connectivity index (χ4n) is 4.13. The Morgan fingerprint density at radius 3 is 2.32 bits per heavy atom. The summed E-state index contributed by atoms with van der Waals surface area (Å²) in [6.07, 6.45) is 2.46. The first-order chi connectivity index (χ1) is 15.0. The van der Waals surface area contributed by atoms with Crippen LogP contribution in [0.4, 0.5) is 4.39 Å². The van der Waals surface area contributed by atoms with Crippen LogP contribution < -0.4 is 5.32 Å². The van der Waals surface area contributed by atoms with E-state index >= 15 is 0 Å². The Morgan fingerprint density at radius 1 is 0.935 bits per heavy atom. The quantitative estimate of drug-likeness (QED) is 0.403. The summed E-state index contributed by atoms with van der Waals surface area (Å²) < 4.78 is 15.8. The number of aromatic nitrogens is 1. The lowest BCUT2D eigenvalue weighted by molar-refractivity contribution is -0.121. The summed E-state index contributed by atoms with van der Waals surface area (Å²) in [5.41, 5.74) is 4.35. The van der Waals surface area contributed by atoms with Gasteiger partial charge in [0.25, 0.3) is 0 Å².